The van der Waals surface area contributed by atoms with Gasteiger partial charge in [-0.05, 0) is 63.1 Å². The molecule has 2 aliphatic rings. The maximum atomic E-state index is 15.4. The Labute approximate surface area is 240 Å². The third kappa shape index (κ3) is 4.91. The Bertz CT molecular complexity index is 1760. The molecule has 4 heterocycles. The van der Waals surface area contributed by atoms with Gasteiger partial charge in [-0.3, -0.25) is 14.3 Å². The first kappa shape index (κ1) is 27.9. The summed E-state index contributed by atoms with van der Waals surface area (Å²) in [5.74, 6) is -1.43. The number of rotatable bonds is 7. The number of nitrogens with zero attached hydrogens (tertiary/aromatic N) is 4. The number of benzene rings is 2. The number of nitrogens with one attached hydrogen (secondary N) is 2. The van der Waals surface area contributed by atoms with Crippen molar-refractivity contribution in [2.24, 2.45) is 5.41 Å². The summed E-state index contributed by atoms with van der Waals surface area (Å²) in [6.07, 6.45) is 1.54. The summed E-state index contributed by atoms with van der Waals surface area (Å²) < 4.78 is 37.3. The smallest absolute Gasteiger partial charge is 0.266 e. The number of aliphatic hydroxyl groups excluding tert-OH is 1. The lowest BCUT2D eigenvalue weighted by molar-refractivity contribution is -0.128. The Morgan fingerprint density at radius 3 is 2.43 bits per heavy atom. The van der Waals surface area contributed by atoms with E-state index in [1.165, 1.54) is 10.6 Å². The van der Waals surface area contributed by atoms with Gasteiger partial charge in [0, 0.05) is 35.6 Å². The summed E-state index contributed by atoms with van der Waals surface area (Å²) in [5, 5.41) is 25.8. The van der Waals surface area contributed by atoms with Gasteiger partial charge < -0.3 is 20.5 Å². The van der Waals surface area contributed by atoms with E-state index in [0.717, 1.165) is 35.5 Å². The van der Waals surface area contributed by atoms with E-state index in [0.29, 0.717) is 43.1 Å². The molecule has 6 rings (SSSR count). The van der Waals surface area contributed by atoms with Crippen LogP contribution in [-0.4, -0.2) is 52.6 Å². The number of aliphatic hydroxyl groups is 1. The van der Waals surface area contributed by atoms with Crippen LogP contribution in [0.15, 0.2) is 41.2 Å². The second kappa shape index (κ2) is 10.9. The molecule has 0 bridgehead atoms. The first-order valence-corrected chi connectivity index (χ1v) is 13.8. The zero-order valence-corrected chi connectivity index (χ0v) is 23.3. The fourth-order valence-electron chi connectivity index (χ4n) is 5.74. The molecule has 2 fully saturated rings. The van der Waals surface area contributed by atoms with E-state index < -0.39 is 22.6 Å². The average Bonchev–Trinajstić information content (AvgIpc) is 3.47. The summed E-state index contributed by atoms with van der Waals surface area (Å²) in [7, 11) is 0. The number of fused-ring (bicyclic) bond motifs is 1. The average molecular weight is 573 g/mol. The molecule has 0 radical (unpaired) electrons. The minimum Gasteiger partial charge on any atom is -0.396 e. The molecule has 2 saturated heterocycles. The fourth-order valence-corrected chi connectivity index (χ4v) is 5.74. The molecular formula is C31H30F2N6O3. The molecule has 4 aromatic rings. The quantitative estimate of drug-likeness (QED) is 0.303. The highest BCUT2D eigenvalue weighted by Crippen LogP contribution is 2.33. The monoisotopic (exact) mass is 572 g/mol. The van der Waals surface area contributed by atoms with Crippen LogP contribution in [0.1, 0.15) is 41.7 Å². The number of hydrogen-bond donors (Lipinski definition) is 3. The number of hydrogen-bond acceptors (Lipinski definition) is 8. The second-order valence-corrected chi connectivity index (χ2v) is 11.2. The molecular weight excluding hydrogens is 542 g/mol. The van der Waals surface area contributed by atoms with Crippen molar-refractivity contribution in [3.8, 4) is 22.9 Å². The van der Waals surface area contributed by atoms with E-state index in [2.05, 4.69) is 21.7 Å². The highest BCUT2D eigenvalue weighted by atomic mass is 19.1. The van der Waals surface area contributed by atoms with E-state index in [1.54, 1.807) is 6.07 Å². The summed E-state index contributed by atoms with van der Waals surface area (Å²) >= 11 is 0. The lowest BCUT2D eigenvalue weighted by atomic mass is 9.87. The van der Waals surface area contributed by atoms with E-state index in [4.69, 9.17) is 9.72 Å². The molecule has 2 aromatic carbocycles. The molecule has 216 valence electrons. The van der Waals surface area contributed by atoms with Gasteiger partial charge in [0.15, 0.2) is 11.6 Å². The van der Waals surface area contributed by atoms with Crippen molar-refractivity contribution in [1.82, 2.24) is 19.9 Å². The largest absolute Gasteiger partial charge is 0.396 e. The van der Waals surface area contributed by atoms with Gasteiger partial charge in [0.25, 0.3) is 5.56 Å². The molecule has 0 spiro atoms. The minimum absolute atomic E-state index is 0.0120. The standard InChI is InChI=1S/C31H30F2N6O3/c1-17-6-20(7-18(2)37-17)22-8-19(12-34)9-23-27(22)38-29(26-4-3-5-35-26)39(30(23)41)21-10-24(32)28(25(33)11-21)36-13-31(14-40)15-42-16-31/h6-11,26,35-36,40H,3-5,13-16H2,1-2H3. The van der Waals surface area contributed by atoms with E-state index in [1.807, 2.05) is 26.0 Å². The van der Waals surface area contributed by atoms with Crippen molar-refractivity contribution >= 4 is 16.6 Å². The van der Waals surface area contributed by atoms with Crippen LogP contribution in [0.4, 0.5) is 14.5 Å². The third-order valence-electron chi connectivity index (χ3n) is 7.97. The molecule has 11 heteroatoms. The van der Waals surface area contributed by atoms with Crippen LogP contribution in [0, 0.1) is 42.2 Å². The Balaban J connectivity index is 1.54. The predicted octanol–water partition coefficient (Wildman–Crippen LogP) is 4.06. The van der Waals surface area contributed by atoms with E-state index >= 15 is 8.78 Å². The fraction of sp³-hybridized carbons (Fsp3) is 0.355. The molecule has 0 saturated carbocycles. The number of nitriles is 1. The molecule has 2 aromatic heterocycles. The first-order chi connectivity index (χ1) is 20.2. The SMILES string of the molecule is Cc1cc(-c2cc(C#N)cc3c(=O)n(-c4cc(F)c(NCC5(CO)COC5)c(F)c4)c(C4CCCN4)nc23)cc(C)n1. The van der Waals surface area contributed by atoms with Crippen LogP contribution in [0.25, 0.3) is 27.7 Å². The third-order valence-corrected chi connectivity index (χ3v) is 7.97. The normalized spacial score (nSPS) is 17.7. The van der Waals surface area contributed by atoms with Gasteiger partial charge in [0.1, 0.15) is 11.5 Å². The predicted molar refractivity (Wildman–Crippen MR) is 153 cm³/mol. The molecule has 42 heavy (non-hydrogen) atoms. The molecule has 1 atom stereocenters. The maximum Gasteiger partial charge on any atom is 0.266 e. The van der Waals surface area contributed by atoms with Crippen LogP contribution in [0.3, 0.4) is 0 Å². The van der Waals surface area contributed by atoms with Gasteiger partial charge in [0.2, 0.25) is 0 Å². The zero-order chi connectivity index (χ0) is 29.6. The summed E-state index contributed by atoms with van der Waals surface area (Å²) in [6, 6.07) is 10.9. The Morgan fingerprint density at radius 1 is 1.14 bits per heavy atom. The lowest BCUT2D eigenvalue weighted by Crippen LogP contribution is -2.50. The first-order valence-electron chi connectivity index (χ1n) is 13.8. The molecule has 2 aliphatic heterocycles. The van der Waals surface area contributed by atoms with Gasteiger partial charge in [-0.2, -0.15) is 5.26 Å². The van der Waals surface area contributed by atoms with Crippen molar-refractivity contribution in [3.05, 3.63) is 81.2 Å². The number of anilines is 1. The highest BCUT2D eigenvalue weighted by Gasteiger charge is 2.38. The Hall–Kier alpha value is -4.24. The molecule has 0 aliphatic carbocycles. The summed E-state index contributed by atoms with van der Waals surface area (Å²) in [6.45, 7) is 4.97. The van der Waals surface area contributed by atoms with Crippen LogP contribution in [-0.2, 0) is 4.74 Å². The Morgan fingerprint density at radius 2 is 1.86 bits per heavy atom. The molecule has 0 amide bonds. The molecule has 1 unspecified atom stereocenters. The van der Waals surface area contributed by atoms with Gasteiger partial charge in [-0.1, -0.05) is 0 Å². The zero-order valence-electron chi connectivity index (χ0n) is 23.3. The highest BCUT2D eigenvalue weighted by molar-refractivity contribution is 5.94. The number of ether oxygens (including phenoxy) is 1. The van der Waals surface area contributed by atoms with Crippen molar-refractivity contribution in [3.63, 3.8) is 0 Å². The van der Waals surface area contributed by atoms with Gasteiger partial charge in [-0.15, -0.1) is 0 Å². The number of aryl methyl sites for hydroxylation is 2. The van der Waals surface area contributed by atoms with Crippen molar-refractivity contribution < 1.29 is 18.6 Å². The number of aromatic nitrogens is 3. The number of pyridine rings is 1. The van der Waals surface area contributed by atoms with Crippen LogP contribution < -0.4 is 16.2 Å². The van der Waals surface area contributed by atoms with Crippen LogP contribution >= 0.6 is 0 Å². The van der Waals surface area contributed by atoms with Crippen molar-refractivity contribution in [1.29, 1.82) is 5.26 Å². The topological polar surface area (TPSA) is 125 Å². The Kier molecular flexibility index (Phi) is 7.22. The van der Waals surface area contributed by atoms with E-state index in [9.17, 15) is 15.2 Å². The maximum absolute atomic E-state index is 15.4. The molecule has 3 N–H and O–H groups in total. The summed E-state index contributed by atoms with van der Waals surface area (Å²) in [5.41, 5.74) is 2.10. The van der Waals surface area contributed by atoms with Gasteiger partial charge >= 0.3 is 0 Å². The van der Waals surface area contributed by atoms with E-state index in [-0.39, 0.29) is 41.5 Å². The summed E-state index contributed by atoms with van der Waals surface area (Å²) in [4.78, 5) is 23.6. The van der Waals surface area contributed by atoms with Gasteiger partial charge in [-0.25, -0.2) is 13.8 Å². The van der Waals surface area contributed by atoms with Gasteiger partial charge in [0.05, 0.1) is 59.5 Å². The molecule has 9 nitrogen and oxygen atoms in total. The van der Waals surface area contributed by atoms with Crippen LogP contribution in [0.2, 0.25) is 0 Å². The van der Waals surface area contributed by atoms with Crippen molar-refractivity contribution in [2.45, 2.75) is 32.7 Å². The van der Waals surface area contributed by atoms with Crippen LogP contribution in [0.5, 0.6) is 0 Å². The lowest BCUT2D eigenvalue weighted by Gasteiger charge is -2.40. The number of halogens is 2. The minimum atomic E-state index is -0.884. The second-order valence-electron chi connectivity index (χ2n) is 11.2. The van der Waals surface area contributed by atoms with Crippen molar-refractivity contribution in [2.75, 3.05) is 38.2 Å².